The van der Waals surface area contributed by atoms with Gasteiger partial charge in [0.05, 0.1) is 5.69 Å². The summed E-state index contributed by atoms with van der Waals surface area (Å²) in [6.07, 6.45) is -4.46. The van der Waals surface area contributed by atoms with Crippen LogP contribution in [0.3, 0.4) is 0 Å². The SMILES string of the molecule is CC(C)N(CC(F)(F)F)C(=O)c1ccc(-c2cc(N(C)C)nc(N)n2)cc1.O=CO. The molecule has 0 fully saturated rings. The van der Waals surface area contributed by atoms with Gasteiger partial charge in [-0.2, -0.15) is 18.2 Å². The molecule has 164 valence electrons. The highest BCUT2D eigenvalue weighted by molar-refractivity contribution is 5.95. The van der Waals surface area contributed by atoms with E-state index in [1.807, 2.05) is 14.1 Å². The molecule has 2 rings (SSSR count). The molecule has 1 aromatic carbocycles. The molecule has 30 heavy (non-hydrogen) atoms. The largest absolute Gasteiger partial charge is 0.483 e. The van der Waals surface area contributed by atoms with E-state index in [2.05, 4.69) is 9.97 Å². The first kappa shape index (κ1) is 24.7. The van der Waals surface area contributed by atoms with Crippen LogP contribution in [-0.2, 0) is 4.79 Å². The van der Waals surface area contributed by atoms with Crippen LogP contribution in [0.15, 0.2) is 30.3 Å². The van der Waals surface area contributed by atoms with E-state index >= 15 is 0 Å². The van der Waals surface area contributed by atoms with Crippen LogP contribution in [0.25, 0.3) is 11.3 Å². The van der Waals surface area contributed by atoms with Gasteiger partial charge in [0, 0.05) is 37.3 Å². The number of carbonyl (C=O) groups excluding carboxylic acids is 1. The Bertz CT molecular complexity index is 855. The molecule has 0 aliphatic carbocycles. The van der Waals surface area contributed by atoms with Gasteiger partial charge >= 0.3 is 6.18 Å². The van der Waals surface area contributed by atoms with Crippen molar-refractivity contribution in [3.8, 4) is 11.3 Å². The Balaban J connectivity index is 0.00000141. The molecule has 11 heteroatoms. The molecule has 0 saturated carbocycles. The molecule has 0 aliphatic heterocycles. The molecule has 0 unspecified atom stereocenters. The maximum absolute atomic E-state index is 12.7. The quantitative estimate of drug-likeness (QED) is 0.706. The second-order valence-electron chi connectivity index (χ2n) is 6.69. The molecule has 1 aromatic heterocycles. The highest BCUT2D eigenvalue weighted by Gasteiger charge is 2.34. The van der Waals surface area contributed by atoms with E-state index in [0.29, 0.717) is 17.1 Å². The molecule has 0 bridgehead atoms. The van der Waals surface area contributed by atoms with Gasteiger partial charge in [-0.05, 0) is 26.0 Å². The summed E-state index contributed by atoms with van der Waals surface area (Å²) in [5.41, 5.74) is 7.13. The Hall–Kier alpha value is -3.37. The number of halogens is 3. The zero-order valence-corrected chi connectivity index (χ0v) is 17.0. The molecule has 0 radical (unpaired) electrons. The average Bonchev–Trinajstić information content (AvgIpc) is 2.65. The molecule has 0 saturated heterocycles. The lowest BCUT2D eigenvalue weighted by Crippen LogP contribution is -2.43. The van der Waals surface area contributed by atoms with Gasteiger partial charge in [-0.25, -0.2) is 4.98 Å². The standard InChI is InChI=1S/C18H22F3N5O.CH2O2/c1-11(2)26(10-18(19,20)21)16(27)13-7-5-12(6-8-13)14-9-15(25(3)4)24-17(22)23-14;2-1-3/h5-9,11H,10H2,1-4H3,(H2,22,23,24);1H,(H,2,3). The minimum Gasteiger partial charge on any atom is -0.483 e. The summed E-state index contributed by atoms with van der Waals surface area (Å²) in [6, 6.07) is 7.37. The van der Waals surface area contributed by atoms with Crippen LogP contribution in [0.5, 0.6) is 0 Å². The average molecular weight is 427 g/mol. The predicted octanol–water partition coefficient (Wildman–Crippen LogP) is 2.91. The maximum Gasteiger partial charge on any atom is 0.406 e. The molecular weight excluding hydrogens is 403 g/mol. The third kappa shape index (κ3) is 7.22. The minimum atomic E-state index is -4.46. The Labute approximate surface area is 172 Å². The molecule has 1 heterocycles. The van der Waals surface area contributed by atoms with Crippen molar-refractivity contribution in [3.63, 3.8) is 0 Å². The second-order valence-corrected chi connectivity index (χ2v) is 6.69. The van der Waals surface area contributed by atoms with Crippen molar-refractivity contribution >= 4 is 24.1 Å². The topological polar surface area (TPSA) is 113 Å². The molecular formula is C19H24F3N5O3. The summed E-state index contributed by atoms with van der Waals surface area (Å²) in [4.78, 5) is 31.7. The maximum atomic E-state index is 12.7. The van der Waals surface area contributed by atoms with E-state index in [9.17, 15) is 18.0 Å². The van der Waals surface area contributed by atoms with E-state index in [0.717, 1.165) is 4.90 Å². The van der Waals surface area contributed by atoms with Gasteiger partial charge in [-0.15, -0.1) is 0 Å². The zero-order valence-electron chi connectivity index (χ0n) is 17.0. The minimum absolute atomic E-state index is 0.104. The lowest BCUT2D eigenvalue weighted by molar-refractivity contribution is -0.143. The summed E-state index contributed by atoms with van der Waals surface area (Å²) >= 11 is 0. The number of benzene rings is 1. The van der Waals surface area contributed by atoms with E-state index in [4.69, 9.17) is 15.6 Å². The fourth-order valence-electron chi connectivity index (χ4n) is 2.46. The number of alkyl halides is 3. The van der Waals surface area contributed by atoms with Crippen molar-refractivity contribution in [3.05, 3.63) is 35.9 Å². The Morgan fingerprint density at radius 1 is 1.20 bits per heavy atom. The summed E-state index contributed by atoms with van der Waals surface area (Å²) < 4.78 is 38.2. The summed E-state index contributed by atoms with van der Waals surface area (Å²) in [7, 11) is 3.63. The lowest BCUT2D eigenvalue weighted by Gasteiger charge is -2.27. The second kappa shape index (κ2) is 10.4. The number of aromatic nitrogens is 2. The lowest BCUT2D eigenvalue weighted by atomic mass is 10.1. The number of amides is 1. The van der Waals surface area contributed by atoms with Crippen LogP contribution in [0.1, 0.15) is 24.2 Å². The molecule has 8 nitrogen and oxygen atoms in total. The smallest absolute Gasteiger partial charge is 0.406 e. The monoisotopic (exact) mass is 427 g/mol. The predicted molar refractivity (Wildman–Crippen MR) is 107 cm³/mol. The Kier molecular flexibility index (Phi) is 8.57. The van der Waals surface area contributed by atoms with Gasteiger partial charge in [-0.3, -0.25) is 9.59 Å². The van der Waals surface area contributed by atoms with Crippen LogP contribution in [0, 0.1) is 0 Å². The van der Waals surface area contributed by atoms with E-state index < -0.39 is 24.7 Å². The summed E-state index contributed by atoms with van der Waals surface area (Å²) in [5, 5.41) is 6.89. The number of carbonyl (C=O) groups is 2. The molecule has 0 spiro atoms. The zero-order chi connectivity index (χ0) is 23.1. The number of nitrogens with zero attached hydrogens (tertiary/aromatic N) is 4. The number of hydrogen-bond donors (Lipinski definition) is 2. The van der Waals surface area contributed by atoms with Crippen molar-refractivity contribution in [1.29, 1.82) is 0 Å². The highest BCUT2D eigenvalue weighted by atomic mass is 19.4. The van der Waals surface area contributed by atoms with Crippen LogP contribution >= 0.6 is 0 Å². The number of hydrogen-bond acceptors (Lipinski definition) is 6. The van der Waals surface area contributed by atoms with Gasteiger partial charge in [0.15, 0.2) is 0 Å². The number of carboxylic acid groups (broad SMARTS) is 1. The fraction of sp³-hybridized carbons (Fsp3) is 0.368. The first-order chi connectivity index (χ1) is 13.9. The number of anilines is 2. The van der Waals surface area contributed by atoms with Crippen LogP contribution in [0.4, 0.5) is 24.9 Å². The van der Waals surface area contributed by atoms with Crippen molar-refractivity contribution in [2.45, 2.75) is 26.1 Å². The van der Waals surface area contributed by atoms with E-state index in [1.165, 1.54) is 12.1 Å². The Morgan fingerprint density at radius 2 is 1.73 bits per heavy atom. The summed E-state index contributed by atoms with van der Waals surface area (Å²) in [5.74, 6) is 0.0476. The van der Waals surface area contributed by atoms with E-state index in [-0.39, 0.29) is 18.0 Å². The van der Waals surface area contributed by atoms with Crippen molar-refractivity contribution in [2.75, 3.05) is 31.3 Å². The van der Waals surface area contributed by atoms with Crippen LogP contribution < -0.4 is 10.6 Å². The van der Waals surface area contributed by atoms with Crippen LogP contribution in [0.2, 0.25) is 0 Å². The van der Waals surface area contributed by atoms with Crippen molar-refractivity contribution in [2.24, 2.45) is 0 Å². The van der Waals surface area contributed by atoms with Gasteiger partial charge in [0.1, 0.15) is 12.4 Å². The fourth-order valence-corrected chi connectivity index (χ4v) is 2.46. The molecule has 3 N–H and O–H groups in total. The molecule has 2 aromatic rings. The summed E-state index contributed by atoms with van der Waals surface area (Å²) in [6.45, 7) is 1.55. The third-order valence-corrected chi connectivity index (χ3v) is 3.85. The Morgan fingerprint density at radius 3 is 2.17 bits per heavy atom. The first-order valence-corrected chi connectivity index (χ1v) is 8.77. The first-order valence-electron chi connectivity index (χ1n) is 8.77. The molecule has 0 aliphatic rings. The van der Waals surface area contributed by atoms with Crippen molar-refractivity contribution < 1.29 is 27.9 Å². The number of rotatable bonds is 5. The van der Waals surface area contributed by atoms with Gasteiger partial charge in [0.25, 0.3) is 12.4 Å². The van der Waals surface area contributed by atoms with Gasteiger partial charge < -0.3 is 20.6 Å². The highest BCUT2D eigenvalue weighted by Crippen LogP contribution is 2.24. The molecule has 1 amide bonds. The van der Waals surface area contributed by atoms with Crippen molar-refractivity contribution in [1.82, 2.24) is 14.9 Å². The number of nitrogens with two attached hydrogens (primary N) is 1. The van der Waals surface area contributed by atoms with E-state index in [1.54, 1.807) is 36.9 Å². The van der Waals surface area contributed by atoms with Crippen LogP contribution in [-0.4, -0.2) is 65.2 Å². The number of nitrogen functional groups attached to an aromatic ring is 1. The third-order valence-electron chi connectivity index (χ3n) is 3.85. The molecule has 0 atom stereocenters. The normalized spacial score (nSPS) is 10.8. The van der Waals surface area contributed by atoms with Gasteiger partial charge in [0.2, 0.25) is 5.95 Å². The van der Waals surface area contributed by atoms with Gasteiger partial charge in [-0.1, -0.05) is 12.1 Å².